The number of hydrogen-bond acceptors (Lipinski definition) is 4. The maximum atomic E-state index is 12.5. The zero-order valence-corrected chi connectivity index (χ0v) is 16.8. The summed E-state index contributed by atoms with van der Waals surface area (Å²) in [6, 6.07) is 12.0. The van der Waals surface area contributed by atoms with Gasteiger partial charge in [0.1, 0.15) is 12.3 Å². The molecule has 0 fully saturated rings. The van der Waals surface area contributed by atoms with Gasteiger partial charge >= 0.3 is 11.1 Å². The predicted molar refractivity (Wildman–Crippen MR) is 112 cm³/mol. The number of aromatic nitrogens is 2. The molecule has 1 amide bonds. The van der Waals surface area contributed by atoms with Crippen molar-refractivity contribution < 1.29 is 9.53 Å². The monoisotopic (exact) mass is 413 g/mol. The van der Waals surface area contributed by atoms with E-state index in [-0.39, 0.29) is 6.54 Å². The van der Waals surface area contributed by atoms with Gasteiger partial charge in [0, 0.05) is 28.8 Å². The molecule has 0 unspecified atom stereocenters. The van der Waals surface area contributed by atoms with Crippen molar-refractivity contribution in [2.75, 3.05) is 11.9 Å². The Hall–Kier alpha value is -3.32. The number of carbonyl (C=O) groups is 1. The van der Waals surface area contributed by atoms with Crippen molar-refractivity contribution in [2.45, 2.75) is 20.4 Å². The standard InChI is InChI=1S/C21H20ClN3O4/c1-3-29-16-9-7-15(8-10-16)25-12-11-24(20(27)21(25)28)13-19(26)23-18-6-4-5-17(22)14(18)2/h4-12H,3,13H2,1-2H3,(H,23,26). The minimum absolute atomic E-state index is 0.288. The lowest BCUT2D eigenvalue weighted by Crippen LogP contribution is -2.41. The van der Waals surface area contributed by atoms with Crippen LogP contribution in [0.1, 0.15) is 12.5 Å². The summed E-state index contributed by atoms with van der Waals surface area (Å²) in [4.78, 5) is 37.3. The smallest absolute Gasteiger partial charge is 0.320 e. The molecule has 0 aliphatic rings. The molecular weight excluding hydrogens is 394 g/mol. The Morgan fingerprint density at radius 1 is 1.07 bits per heavy atom. The Balaban J connectivity index is 1.80. The van der Waals surface area contributed by atoms with Gasteiger partial charge in [0.05, 0.1) is 6.61 Å². The lowest BCUT2D eigenvalue weighted by molar-refractivity contribution is -0.116. The summed E-state index contributed by atoms with van der Waals surface area (Å²) in [6.07, 6.45) is 2.86. The zero-order valence-electron chi connectivity index (χ0n) is 16.0. The average molecular weight is 414 g/mol. The third kappa shape index (κ3) is 4.57. The lowest BCUT2D eigenvalue weighted by atomic mass is 10.2. The number of benzene rings is 2. The quantitative estimate of drug-likeness (QED) is 0.630. The highest BCUT2D eigenvalue weighted by molar-refractivity contribution is 6.31. The molecule has 29 heavy (non-hydrogen) atoms. The number of nitrogens with zero attached hydrogens (tertiary/aromatic N) is 2. The highest BCUT2D eigenvalue weighted by Crippen LogP contribution is 2.22. The number of hydrogen-bond donors (Lipinski definition) is 1. The molecule has 7 nitrogen and oxygen atoms in total. The molecule has 0 spiro atoms. The number of anilines is 1. The molecule has 1 aromatic heterocycles. The van der Waals surface area contributed by atoms with Gasteiger partial charge in [-0.15, -0.1) is 0 Å². The van der Waals surface area contributed by atoms with Crippen LogP contribution in [-0.2, 0) is 11.3 Å². The molecular formula is C21H20ClN3O4. The van der Waals surface area contributed by atoms with Crippen LogP contribution in [0.5, 0.6) is 5.75 Å². The fourth-order valence-corrected chi connectivity index (χ4v) is 2.97. The first-order valence-electron chi connectivity index (χ1n) is 9.01. The Morgan fingerprint density at radius 3 is 2.48 bits per heavy atom. The largest absolute Gasteiger partial charge is 0.494 e. The summed E-state index contributed by atoms with van der Waals surface area (Å²) in [5, 5.41) is 3.23. The molecule has 0 radical (unpaired) electrons. The van der Waals surface area contributed by atoms with E-state index in [0.717, 1.165) is 10.1 Å². The van der Waals surface area contributed by atoms with E-state index in [1.165, 1.54) is 17.0 Å². The molecule has 1 heterocycles. The second-order valence-electron chi connectivity index (χ2n) is 6.29. The molecule has 3 aromatic rings. The van der Waals surface area contributed by atoms with Crippen molar-refractivity contribution in [1.82, 2.24) is 9.13 Å². The van der Waals surface area contributed by atoms with Gasteiger partial charge in [0.25, 0.3) is 0 Å². The van der Waals surface area contributed by atoms with Crippen LogP contribution in [0.15, 0.2) is 64.4 Å². The third-order valence-electron chi connectivity index (χ3n) is 4.34. The Kier molecular flexibility index (Phi) is 6.19. The summed E-state index contributed by atoms with van der Waals surface area (Å²) in [6.45, 7) is 3.90. The van der Waals surface area contributed by atoms with E-state index in [1.807, 2.05) is 6.92 Å². The van der Waals surface area contributed by atoms with E-state index in [0.29, 0.717) is 28.8 Å². The second-order valence-corrected chi connectivity index (χ2v) is 6.70. The molecule has 8 heteroatoms. The molecule has 150 valence electrons. The molecule has 0 aliphatic heterocycles. The minimum atomic E-state index is -0.792. The number of halogens is 1. The molecule has 1 N–H and O–H groups in total. The first-order chi connectivity index (χ1) is 13.9. The first kappa shape index (κ1) is 20.4. The predicted octanol–water partition coefficient (Wildman–Crippen LogP) is 3.00. The second kappa shape index (κ2) is 8.79. The third-order valence-corrected chi connectivity index (χ3v) is 4.75. The van der Waals surface area contributed by atoms with Crippen molar-refractivity contribution in [3.8, 4) is 11.4 Å². The maximum absolute atomic E-state index is 12.5. The summed E-state index contributed by atoms with van der Waals surface area (Å²) in [5.74, 6) is 0.237. The topological polar surface area (TPSA) is 82.3 Å². The van der Waals surface area contributed by atoms with Gasteiger partial charge in [-0.3, -0.25) is 23.5 Å². The van der Waals surface area contributed by atoms with E-state index >= 15 is 0 Å². The number of rotatable bonds is 6. The molecule has 2 aromatic carbocycles. The number of amides is 1. The van der Waals surface area contributed by atoms with Crippen LogP contribution in [0.25, 0.3) is 5.69 Å². The number of ether oxygens (including phenoxy) is 1. The van der Waals surface area contributed by atoms with Crippen molar-refractivity contribution in [3.63, 3.8) is 0 Å². The fraction of sp³-hybridized carbons (Fsp3) is 0.190. The Bertz CT molecular complexity index is 1150. The van der Waals surface area contributed by atoms with Gasteiger partial charge in [0.15, 0.2) is 0 Å². The van der Waals surface area contributed by atoms with Crippen molar-refractivity contribution in [3.05, 3.63) is 86.2 Å². The molecule has 0 saturated carbocycles. The molecule has 3 rings (SSSR count). The van der Waals surface area contributed by atoms with E-state index in [2.05, 4.69) is 5.32 Å². The van der Waals surface area contributed by atoms with Crippen molar-refractivity contribution >= 4 is 23.2 Å². The van der Waals surface area contributed by atoms with E-state index in [9.17, 15) is 14.4 Å². The van der Waals surface area contributed by atoms with Crippen LogP contribution in [-0.4, -0.2) is 21.6 Å². The van der Waals surface area contributed by atoms with Gasteiger partial charge in [-0.2, -0.15) is 0 Å². The van der Waals surface area contributed by atoms with Crippen molar-refractivity contribution in [1.29, 1.82) is 0 Å². The van der Waals surface area contributed by atoms with E-state index < -0.39 is 17.0 Å². The lowest BCUT2D eigenvalue weighted by Gasteiger charge is -2.12. The van der Waals surface area contributed by atoms with Gasteiger partial charge < -0.3 is 10.1 Å². The van der Waals surface area contributed by atoms with E-state index in [1.54, 1.807) is 49.4 Å². The Labute approximate surface area is 172 Å². The van der Waals surface area contributed by atoms with Crippen LogP contribution in [0, 0.1) is 6.92 Å². The summed E-state index contributed by atoms with van der Waals surface area (Å²) in [5.41, 5.74) is 0.267. The highest BCUT2D eigenvalue weighted by Gasteiger charge is 2.12. The van der Waals surface area contributed by atoms with Crippen LogP contribution in [0.4, 0.5) is 5.69 Å². The van der Waals surface area contributed by atoms with Gasteiger partial charge in [-0.1, -0.05) is 17.7 Å². The van der Waals surface area contributed by atoms with Crippen LogP contribution in [0.3, 0.4) is 0 Å². The number of nitrogens with one attached hydrogen (secondary N) is 1. The average Bonchev–Trinajstić information content (AvgIpc) is 2.70. The van der Waals surface area contributed by atoms with Gasteiger partial charge in [0.2, 0.25) is 5.91 Å². The summed E-state index contributed by atoms with van der Waals surface area (Å²) in [7, 11) is 0. The molecule has 0 saturated heterocycles. The van der Waals surface area contributed by atoms with Crippen LogP contribution >= 0.6 is 11.6 Å². The minimum Gasteiger partial charge on any atom is -0.494 e. The molecule has 0 atom stereocenters. The van der Waals surface area contributed by atoms with Gasteiger partial charge in [-0.25, -0.2) is 0 Å². The van der Waals surface area contributed by atoms with E-state index in [4.69, 9.17) is 16.3 Å². The molecule has 0 bridgehead atoms. The SMILES string of the molecule is CCOc1ccc(-n2ccn(CC(=O)Nc3cccc(Cl)c3C)c(=O)c2=O)cc1. The fourth-order valence-electron chi connectivity index (χ4n) is 2.79. The zero-order chi connectivity index (χ0) is 21.0. The molecule has 0 aliphatic carbocycles. The van der Waals surface area contributed by atoms with Gasteiger partial charge in [-0.05, 0) is 55.8 Å². The number of carbonyl (C=O) groups excluding carboxylic acids is 1. The summed E-state index contributed by atoms with van der Waals surface area (Å²) >= 11 is 6.05. The van der Waals surface area contributed by atoms with Crippen LogP contribution < -0.4 is 21.2 Å². The highest BCUT2D eigenvalue weighted by atomic mass is 35.5. The summed E-state index contributed by atoms with van der Waals surface area (Å²) < 4.78 is 7.67. The Morgan fingerprint density at radius 2 is 1.79 bits per heavy atom. The van der Waals surface area contributed by atoms with Crippen LogP contribution in [0.2, 0.25) is 5.02 Å². The normalized spacial score (nSPS) is 10.6. The van der Waals surface area contributed by atoms with Crippen molar-refractivity contribution in [2.24, 2.45) is 0 Å². The maximum Gasteiger partial charge on any atom is 0.320 e. The first-order valence-corrected chi connectivity index (χ1v) is 9.38.